The minimum atomic E-state index is -5.00. The second-order valence-electron chi connectivity index (χ2n) is 8.69. The van der Waals surface area contributed by atoms with Gasteiger partial charge < -0.3 is 26.0 Å². The minimum Gasteiger partial charge on any atom is -0.363 e. The van der Waals surface area contributed by atoms with Crippen LogP contribution in [0.25, 0.3) is 0 Å². The monoisotopic (exact) mass is 569 g/mol. The first-order chi connectivity index (χ1) is 19.4. The average Bonchev–Trinajstić information content (AvgIpc) is 3.13. The topological polar surface area (TPSA) is 111 Å². The van der Waals surface area contributed by atoms with Crippen molar-refractivity contribution in [3.05, 3.63) is 92.5 Å². The molecule has 0 radical (unpaired) electrons. The Balaban J connectivity index is 1.72. The van der Waals surface area contributed by atoms with Crippen molar-refractivity contribution in [3.63, 3.8) is 0 Å². The Labute approximate surface area is 225 Å². The van der Waals surface area contributed by atoms with Crippen LogP contribution in [0.4, 0.5) is 38.1 Å². The summed E-state index contributed by atoms with van der Waals surface area (Å²) in [7, 11) is 0. The van der Waals surface area contributed by atoms with Crippen molar-refractivity contribution < 1.29 is 45.6 Å². The molecule has 0 fully saturated rings. The average molecular weight is 570 g/mol. The van der Waals surface area contributed by atoms with Gasteiger partial charge in [0.25, 0.3) is 11.8 Å². The SMILES string of the molecule is [2H]C([2H])([2H])N1Cc2cc(NC(=O)c3cc(F)cc(C(F)(F)F)c3)c3c(c2NC1=O)C(=O)NC3(O)c1ccc(F)cc1Cl. The second kappa shape index (κ2) is 8.92. The van der Waals surface area contributed by atoms with E-state index >= 15 is 0 Å². The number of nitrogens with one attached hydrogen (secondary N) is 3. The maximum Gasteiger partial charge on any atom is 0.416 e. The Morgan fingerprint density at radius 1 is 1.15 bits per heavy atom. The molecule has 0 aromatic heterocycles. The van der Waals surface area contributed by atoms with E-state index in [1.165, 1.54) is 0 Å². The molecule has 39 heavy (non-hydrogen) atoms. The third-order valence-electron chi connectivity index (χ3n) is 6.15. The lowest BCUT2D eigenvalue weighted by Gasteiger charge is -2.31. The highest BCUT2D eigenvalue weighted by Gasteiger charge is 2.49. The van der Waals surface area contributed by atoms with E-state index in [0.29, 0.717) is 17.0 Å². The number of carbonyl (C=O) groups excluding carboxylic acids is 3. The first kappa shape index (κ1) is 22.7. The van der Waals surface area contributed by atoms with E-state index in [-0.39, 0.29) is 27.9 Å². The van der Waals surface area contributed by atoms with Crippen LogP contribution in [0.5, 0.6) is 0 Å². The summed E-state index contributed by atoms with van der Waals surface area (Å²) in [6.07, 6.45) is -5.00. The summed E-state index contributed by atoms with van der Waals surface area (Å²) >= 11 is 6.16. The van der Waals surface area contributed by atoms with Crippen LogP contribution in [0, 0.1) is 11.6 Å². The zero-order chi connectivity index (χ0) is 30.9. The van der Waals surface area contributed by atoms with Gasteiger partial charge in [0, 0.05) is 34.3 Å². The number of hydrogen-bond donors (Lipinski definition) is 4. The van der Waals surface area contributed by atoms with Crippen LogP contribution in [-0.2, 0) is 18.4 Å². The van der Waals surface area contributed by atoms with Crippen molar-refractivity contribution in [3.8, 4) is 0 Å². The number of nitrogens with zero attached hydrogens (tertiary/aromatic N) is 1. The normalized spacial score (nSPS) is 19.8. The zero-order valence-corrected chi connectivity index (χ0v) is 19.9. The maximum atomic E-state index is 14.0. The minimum absolute atomic E-state index is 0.0420. The number of aliphatic hydroxyl groups is 1. The van der Waals surface area contributed by atoms with Gasteiger partial charge >= 0.3 is 12.2 Å². The molecular weight excluding hydrogens is 551 g/mol. The fraction of sp³-hybridized carbons (Fsp3) is 0.160. The van der Waals surface area contributed by atoms with Crippen LogP contribution >= 0.6 is 11.6 Å². The van der Waals surface area contributed by atoms with Gasteiger partial charge in [-0.3, -0.25) is 9.59 Å². The molecule has 0 aliphatic carbocycles. The molecular formula is C25H16ClF5N4O4. The van der Waals surface area contributed by atoms with Gasteiger partial charge in [-0.25, -0.2) is 13.6 Å². The highest BCUT2D eigenvalue weighted by molar-refractivity contribution is 6.31. The number of hydrogen-bond acceptors (Lipinski definition) is 4. The van der Waals surface area contributed by atoms with Crippen LogP contribution in [0.15, 0.2) is 42.5 Å². The van der Waals surface area contributed by atoms with E-state index in [4.69, 9.17) is 15.7 Å². The molecule has 1 atom stereocenters. The lowest BCUT2D eigenvalue weighted by molar-refractivity contribution is -0.137. The van der Waals surface area contributed by atoms with Gasteiger partial charge in [-0.2, -0.15) is 13.2 Å². The molecule has 0 saturated heterocycles. The number of benzene rings is 3. The van der Waals surface area contributed by atoms with E-state index in [1.807, 2.05) is 0 Å². The third-order valence-corrected chi connectivity index (χ3v) is 6.47. The summed E-state index contributed by atoms with van der Waals surface area (Å²) in [6.45, 7) is -3.56. The first-order valence-corrected chi connectivity index (χ1v) is 11.3. The Kier molecular flexibility index (Phi) is 5.20. The van der Waals surface area contributed by atoms with Crippen LogP contribution in [0.1, 0.15) is 47.1 Å². The molecule has 14 heteroatoms. The van der Waals surface area contributed by atoms with E-state index in [2.05, 4.69) is 16.0 Å². The van der Waals surface area contributed by atoms with Crippen molar-refractivity contribution in [1.82, 2.24) is 10.2 Å². The molecule has 2 aliphatic heterocycles. The molecule has 0 spiro atoms. The number of anilines is 2. The molecule has 4 amide bonds. The summed E-state index contributed by atoms with van der Waals surface area (Å²) in [6, 6.07) is 3.78. The molecule has 5 rings (SSSR count). The second-order valence-corrected chi connectivity index (χ2v) is 9.10. The van der Waals surface area contributed by atoms with Gasteiger partial charge in [0.15, 0.2) is 5.72 Å². The van der Waals surface area contributed by atoms with Crippen LogP contribution < -0.4 is 16.0 Å². The molecule has 4 N–H and O–H groups in total. The van der Waals surface area contributed by atoms with Gasteiger partial charge in [-0.15, -0.1) is 0 Å². The van der Waals surface area contributed by atoms with E-state index in [0.717, 1.165) is 24.3 Å². The lowest BCUT2D eigenvalue weighted by Crippen LogP contribution is -2.41. The molecule has 8 nitrogen and oxygen atoms in total. The van der Waals surface area contributed by atoms with Crippen LogP contribution in [0.3, 0.4) is 0 Å². The van der Waals surface area contributed by atoms with Gasteiger partial charge in [0.05, 0.1) is 27.5 Å². The molecule has 2 aliphatic rings. The number of amides is 4. The Morgan fingerprint density at radius 3 is 2.56 bits per heavy atom. The molecule has 0 bridgehead atoms. The quantitative estimate of drug-likeness (QED) is 0.340. The molecule has 3 aromatic rings. The number of urea groups is 1. The smallest absolute Gasteiger partial charge is 0.363 e. The predicted octanol–water partition coefficient (Wildman–Crippen LogP) is 4.80. The van der Waals surface area contributed by atoms with Crippen molar-refractivity contribution in [2.45, 2.75) is 18.4 Å². The summed E-state index contributed by atoms with van der Waals surface area (Å²) in [5.41, 5.74) is -6.75. The predicted molar refractivity (Wildman–Crippen MR) is 128 cm³/mol. The van der Waals surface area contributed by atoms with Gasteiger partial charge in [-0.05, 0) is 48.0 Å². The number of halogens is 6. The molecule has 202 valence electrons. The summed E-state index contributed by atoms with van der Waals surface area (Å²) < 4.78 is 90.5. The Morgan fingerprint density at radius 2 is 1.90 bits per heavy atom. The largest absolute Gasteiger partial charge is 0.416 e. The van der Waals surface area contributed by atoms with Crippen molar-refractivity contribution in [2.24, 2.45) is 0 Å². The fourth-order valence-electron chi connectivity index (χ4n) is 4.48. The fourth-order valence-corrected chi connectivity index (χ4v) is 4.78. The lowest BCUT2D eigenvalue weighted by atomic mass is 9.89. The summed E-state index contributed by atoms with van der Waals surface area (Å²) in [5, 5.41) is 18.1. The molecule has 0 saturated carbocycles. The number of carbonyl (C=O) groups is 3. The summed E-state index contributed by atoms with van der Waals surface area (Å²) in [5.74, 6) is -4.53. The molecule has 1 unspecified atom stereocenters. The highest BCUT2D eigenvalue weighted by atomic mass is 35.5. The van der Waals surface area contributed by atoms with Crippen molar-refractivity contribution in [1.29, 1.82) is 0 Å². The van der Waals surface area contributed by atoms with Crippen LogP contribution in [0.2, 0.25) is 5.02 Å². The van der Waals surface area contributed by atoms with Crippen molar-refractivity contribution >= 4 is 40.8 Å². The molecule has 3 aromatic carbocycles. The highest BCUT2D eigenvalue weighted by Crippen LogP contribution is 2.47. The number of alkyl halides is 3. The van der Waals surface area contributed by atoms with E-state index in [9.17, 15) is 41.4 Å². The zero-order valence-electron chi connectivity index (χ0n) is 22.1. The first-order valence-electron chi connectivity index (χ1n) is 12.4. The third kappa shape index (κ3) is 4.42. The maximum absolute atomic E-state index is 14.0. The van der Waals surface area contributed by atoms with E-state index < -0.39 is 82.8 Å². The van der Waals surface area contributed by atoms with Gasteiger partial charge in [0.2, 0.25) is 0 Å². The Hall–Kier alpha value is -4.23. The molecule has 2 heterocycles. The van der Waals surface area contributed by atoms with E-state index in [1.54, 1.807) is 0 Å². The standard InChI is InChI=1S/C25H16ClF5N4O4/c1-35-9-11-6-17(32-21(36)10-4-12(25(29,30)31)7-14(28)5-10)19-18(20(11)33-23(35)38)22(37)34-24(19,39)15-3-2-13(27)8-16(15)26/h2-8,39H,9H2,1H3,(H,32,36)(H,33,38)(H,34,37)/i1D3. The van der Waals surface area contributed by atoms with Gasteiger partial charge in [0.1, 0.15) is 11.6 Å². The van der Waals surface area contributed by atoms with Crippen molar-refractivity contribution in [2.75, 3.05) is 17.6 Å². The van der Waals surface area contributed by atoms with Crippen LogP contribution in [-0.4, -0.2) is 34.8 Å². The Bertz CT molecular complexity index is 1700. The van der Waals surface area contributed by atoms with Gasteiger partial charge in [-0.1, -0.05) is 11.6 Å². The summed E-state index contributed by atoms with van der Waals surface area (Å²) in [4.78, 5) is 39.5. The number of fused-ring (bicyclic) bond motifs is 3. The number of rotatable bonds is 3.